The number of likely N-dealkylation sites (tertiary alicyclic amines) is 1. The molecule has 2 aliphatic rings. The molecular weight excluding hydrogens is 298 g/mol. The fourth-order valence-corrected chi connectivity index (χ4v) is 2.72. The first-order chi connectivity index (χ1) is 11.2. The summed E-state index contributed by atoms with van der Waals surface area (Å²) in [5, 5.41) is 0. The highest BCUT2D eigenvalue weighted by Gasteiger charge is 2.60. The van der Waals surface area contributed by atoms with Gasteiger partial charge in [-0.2, -0.15) is 0 Å². The van der Waals surface area contributed by atoms with E-state index in [1.807, 2.05) is 37.3 Å². The molecule has 6 nitrogen and oxygen atoms in total. The lowest BCUT2D eigenvalue weighted by Crippen LogP contribution is -2.46. The van der Waals surface area contributed by atoms with Crippen molar-refractivity contribution in [2.24, 2.45) is 0 Å². The zero-order chi connectivity index (χ0) is 16.2. The molecule has 1 aromatic carbocycles. The lowest BCUT2D eigenvalue weighted by atomic mass is 10.2. The molecule has 3 rings (SSSR count). The molecule has 3 atom stereocenters. The largest absolute Gasteiger partial charge is 0.464 e. The molecule has 124 valence electrons. The Balaban J connectivity index is 1.55. The molecule has 0 bridgehead atoms. The maximum absolute atomic E-state index is 12.3. The number of nitrogens with zero attached hydrogens (tertiary/aromatic N) is 1. The van der Waals surface area contributed by atoms with Gasteiger partial charge < -0.3 is 14.2 Å². The number of carbonyl (C=O) groups excluding carboxylic acids is 2. The maximum Gasteiger partial charge on any atom is 0.411 e. The summed E-state index contributed by atoms with van der Waals surface area (Å²) >= 11 is 0. The predicted molar refractivity (Wildman–Crippen MR) is 81.6 cm³/mol. The van der Waals surface area contributed by atoms with E-state index >= 15 is 0 Å². The van der Waals surface area contributed by atoms with Gasteiger partial charge in [-0.3, -0.25) is 4.90 Å². The maximum atomic E-state index is 12.3. The van der Waals surface area contributed by atoms with Gasteiger partial charge in [-0.25, -0.2) is 9.59 Å². The number of carbonyl (C=O) groups is 2. The second-order valence-electron chi connectivity index (χ2n) is 5.80. The van der Waals surface area contributed by atoms with E-state index in [1.165, 1.54) is 4.90 Å². The third-order valence-corrected chi connectivity index (χ3v) is 4.07. The Morgan fingerprint density at radius 1 is 1.26 bits per heavy atom. The molecule has 6 heteroatoms. The van der Waals surface area contributed by atoms with Crippen LogP contribution in [-0.4, -0.2) is 48.4 Å². The Morgan fingerprint density at radius 3 is 2.78 bits per heavy atom. The van der Waals surface area contributed by atoms with Crippen LogP contribution in [0.15, 0.2) is 30.3 Å². The normalized spacial score (nSPS) is 24.9. The SMILES string of the molecule is CCCCOC(=O)[C@@H]1[C@@H]2O[C@@H]2CN1C(=O)OCc1ccccc1. The van der Waals surface area contributed by atoms with Crippen LogP contribution < -0.4 is 0 Å². The van der Waals surface area contributed by atoms with Gasteiger partial charge in [0.2, 0.25) is 0 Å². The average Bonchev–Trinajstić information content (AvgIpc) is 3.23. The Labute approximate surface area is 135 Å². The number of benzene rings is 1. The molecule has 0 radical (unpaired) electrons. The van der Waals surface area contributed by atoms with Crippen molar-refractivity contribution in [3.8, 4) is 0 Å². The van der Waals surface area contributed by atoms with Gasteiger partial charge in [-0.15, -0.1) is 0 Å². The number of hydrogen-bond acceptors (Lipinski definition) is 5. The molecule has 0 spiro atoms. The van der Waals surface area contributed by atoms with Gasteiger partial charge in [0, 0.05) is 0 Å². The number of hydrogen-bond donors (Lipinski definition) is 0. The van der Waals surface area contributed by atoms with Gasteiger partial charge in [0.05, 0.1) is 13.2 Å². The van der Waals surface area contributed by atoms with E-state index in [4.69, 9.17) is 14.2 Å². The Morgan fingerprint density at radius 2 is 2.04 bits per heavy atom. The number of unbranched alkanes of at least 4 members (excludes halogenated alkanes) is 1. The van der Waals surface area contributed by atoms with Crippen molar-refractivity contribution in [3.05, 3.63) is 35.9 Å². The minimum Gasteiger partial charge on any atom is -0.464 e. The second-order valence-corrected chi connectivity index (χ2v) is 5.80. The van der Waals surface area contributed by atoms with Crippen LogP contribution >= 0.6 is 0 Å². The zero-order valence-electron chi connectivity index (χ0n) is 13.1. The molecule has 2 heterocycles. The molecule has 0 unspecified atom stereocenters. The first-order valence-electron chi connectivity index (χ1n) is 8.00. The summed E-state index contributed by atoms with van der Waals surface area (Å²) in [4.78, 5) is 25.9. The van der Waals surface area contributed by atoms with Gasteiger partial charge in [0.15, 0.2) is 6.04 Å². The van der Waals surface area contributed by atoms with Crippen molar-refractivity contribution in [3.63, 3.8) is 0 Å². The number of epoxide rings is 1. The minimum absolute atomic E-state index is 0.0667. The average molecular weight is 319 g/mol. The van der Waals surface area contributed by atoms with Crippen LogP contribution in [0, 0.1) is 0 Å². The molecule has 2 fully saturated rings. The minimum atomic E-state index is -0.680. The van der Waals surface area contributed by atoms with Gasteiger partial charge in [0.1, 0.15) is 18.8 Å². The molecule has 23 heavy (non-hydrogen) atoms. The zero-order valence-corrected chi connectivity index (χ0v) is 13.1. The van der Waals surface area contributed by atoms with Crippen LogP contribution in [0.5, 0.6) is 0 Å². The number of esters is 1. The van der Waals surface area contributed by atoms with E-state index in [0.717, 1.165) is 18.4 Å². The summed E-state index contributed by atoms with van der Waals surface area (Å²) in [6.07, 6.45) is 0.952. The summed E-state index contributed by atoms with van der Waals surface area (Å²) in [7, 11) is 0. The lowest BCUT2D eigenvalue weighted by molar-refractivity contribution is -0.150. The first-order valence-corrected chi connectivity index (χ1v) is 8.00. The quantitative estimate of drug-likeness (QED) is 0.456. The van der Waals surface area contributed by atoms with Gasteiger partial charge >= 0.3 is 12.1 Å². The van der Waals surface area contributed by atoms with E-state index in [0.29, 0.717) is 13.2 Å². The Hall–Kier alpha value is -2.08. The van der Waals surface area contributed by atoms with E-state index in [-0.39, 0.29) is 18.8 Å². The number of ether oxygens (including phenoxy) is 3. The smallest absolute Gasteiger partial charge is 0.411 e. The van der Waals surface area contributed by atoms with E-state index in [2.05, 4.69) is 0 Å². The molecule has 2 saturated heterocycles. The molecule has 2 aliphatic heterocycles. The monoisotopic (exact) mass is 319 g/mol. The van der Waals surface area contributed by atoms with Crippen LogP contribution in [0.2, 0.25) is 0 Å². The first kappa shape index (κ1) is 15.8. The highest BCUT2D eigenvalue weighted by Crippen LogP contribution is 2.37. The molecule has 1 aromatic rings. The molecule has 1 amide bonds. The highest BCUT2D eigenvalue weighted by atomic mass is 16.6. The Kier molecular flexibility index (Phi) is 4.81. The third-order valence-electron chi connectivity index (χ3n) is 4.07. The van der Waals surface area contributed by atoms with Crippen molar-refractivity contribution in [1.82, 2.24) is 4.90 Å². The number of morpholine rings is 1. The van der Waals surface area contributed by atoms with Crippen LogP contribution in [-0.2, 0) is 25.6 Å². The fraction of sp³-hybridized carbons (Fsp3) is 0.529. The highest BCUT2D eigenvalue weighted by molar-refractivity contribution is 5.83. The van der Waals surface area contributed by atoms with Crippen molar-refractivity contribution in [2.75, 3.05) is 13.2 Å². The van der Waals surface area contributed by atoms with Crippen molar-refractivity contribution >= 4 is 12.1 Å². The van der Waals surface area contributed by atoms with Crippen LogP contribution in [0.4, 0.5) is 4.79 Å². The topological polar surface area (TPSA) is 68.4 Å². The number of rotatable bonds is 6. The van der Waals surface area contributed by atoms with E-state index in [9.17, 15) is 9.59 Å². The third kappa shape index (κ3) is 3.64. The summed E-state index contributed by atoms with van der Waals surface area (Å²) in [6, 6.07) is 8.76. The van der Waals surface area contributed by atoms with Gasteiger partial charge in [-0.1, -0.05) is 43.7 Å². The van der Waals surface area contributed by atoms with Crippen LogP contribution in [0.25, 0.3) is 0 Å². The van der Waals surface area contributed by atoms with Crippen LogP contribution in [0.1, 0.15) is 25.3 Å². The molecule has 0 N–H and O–H groups in total. The summed E-state index contributed by atoms with van der Waals surface area (Å²) in [6.45, 7) is 2.96. The summed E-state index contributed by atoms with van der Waals surface area (Å²) < 4.78 is 15.9. The fourth-order valence-electron chi connectivity index (χ4n) is 2.72. The van der Waals surface area contributed by atoms with Gasteiger partial charge in [-0.05, 0) is 12.0 Å². The number of amides is 1. The Bertz CT molecular complexity index is 561. The summed E-state index contributed by atoms with van der Waals surface area (Å²) in [5.41, 5.74) is 0.906. The molecular formula is C17H21NO5. The van der Waals surface area contributed by atoms with Crippen molar-refractivity contribution < 1.29 is 23.8 Å². The molecule has 0 aliphatic carbocycles. The van der Waals surface area contributed by atoms with Crippen LogP contribution in [0.3, 0.4) is 0 Å². The van der Waals surface area contributed by atoms with Crippen molar-refractivity contribution in [1.29, 1.82) is 0 Å². The van der Waals surface area contributed by atoms with Gasteiger partial charge in [0.25, 0.3) is 0 Å². The predicted octanol–water partition coefficient (Wildman–Crippen LogP) is 2.12. The number of fused-ring (bicyclic) bond motifs is 1. The molecule has 0 saturated carbocycles. The standard InChI is InChI=1S/C17H21NO5/c1-2-3-9-21-16(19)14-15-13(23-15)10-18(14)17(20)22-11-12-7-5-4-6-8-12/h4-8,13-15H,2-3,9-11H2,1H3/t13-,14+,15-/m1/s1. The van der Waals surface area contributed by atoms with E-state index < -0.39 is 18.1 Å². The summed E-state index contributed by atoms with van der Waals surface area (Å²) in [5.74, 6) is -0.403. The molecule has 0 aromatic heterocycles. The second kappa shape index (κ2) is 7.00. The van der Waals surface area contributed by atoms with E-state index in [1.54, 1.807) is 0 Å². The van der Waals surface area contributed by atoms with Crippen molar-refractivity contribution in [2.45, 2.75) is 44.6 Å². The lowest BCUT2D eigenvalue weighted by Gasteiger charge is -2.24.